The molecule has 1 amide bonds. The van der Waals surface area contributed by atoms with Crippen molar-refractivity contribution in [2.75, 3.05) is 17.6 Å². The van der Waals surface area contributed by atoms with Crippen LogP contribution in [0.5, 0.6) is 0 Å². The van der Waals surface area contributed by atoms with Crippen LogP contribution in [0.4, 0.5) is 15.8 Å². The molecule has 1 rings (SSSR count). The van der Waals surface area contributed by atoms with E-state index in [-0.39, 0.29) is 10.9 Å². The second-order valence-corrected chi connectivity index (χ2v) is 4.02. The maximum Gasteiger partial charge on any atom is 0.242 e. The van der Waals surface area contributed by atoms with Gasteiger partial charge in [-0.1, -0.05) is 11.6 Å². The summed E-state index contributed by atoms with van der Waals surface area (Å²) in [6, 6.07) is 1.98. The van der Waals surface area contributed by atoms with Crippen molar-refractivity contribution in [1.29, 1.82) is 0 Å². The van der Waals surface area contributed by atoms with Gasteiger partial charge in [-0.25, -0.2) is 4.39 Å². The van der Waals surface area contributed by atoms with Crippen molar-refractivity contribution >= 4 is 28.9 Å². The highest BCUT2D eigenvalue weighted by Crippen LogP contribution is 2.26. The summed E-state index contributed by atoms with van der Waals surface area (Å²) >= 11 is 5.57. The highest BCUT2D eigenvalue weighted by atomic mass is 35.5. The summed E-state index contributed by atoms with van der Waals surface area (Å²) in [6.07, 6.45) is 0. The lowest BCUT2D eigenvalue weighted by Crippen LogP contribution is -2.37. The number of amides is 1. The van der Waals surface area contributed by atoms with Gasteiger partial charge in [-0.15, -0.1) is 0 Å². The molecule has 0 heterocycles. The minimum absolute atomic E-state index is 0.0429. The molecule has 0 aromatic heterocycles. The van der Waals surface area contributed by atoms with E-state index in [4.69, 9.17) is 17.3 Å². The standard InChI is InChI=1S/C11H15ClFN3O/c1-3-15-11(17)6(2)16-10-5-8(13)7(12)4-9(10)14/h4-6,16H,3,14H2,1-2H3,(H,15,17). The Morgan fingerprint density at radius 1 is 1.59 bits per heavy atom. The number of benzene rings is 1. The van der Waals surface area contributed by atoms with Crippen molar-refractivity contribution < 1.29 is 9.18 Å². The molecular formula is C11H15ClFN3O. The number of nitrogens with one attached hydrogen (secondary N) is 2. The van der Waals surface area contributed by atoms with Crippen molar-refractivity contribution in [3.63, 3.8) is 0 Å². The average Bonchev–Trinajstić information content (AvgIpc) is 2.26. The van der Waals surface area contributed by atoms with E-state index in [0.29, 0.717) is 17.9 Å². The summed E-state index contributed by atoms with van der Waals surface area (Å²) in [5, 5.41) is 5.43. The molecule has 94 valence electrons. The predicted octanol–water partition coefficient (Wildman–Crippen LogP) is 2.00. The number of nitrogen functional groups attached to an aromatic ring is 1. The highest BCUT2D eigenvalue weighted by Gasteiger charge is 2.14. The van der Waals surface area contributed by atoms with Crippen LogP contribution < -0.4 is 16.4 Å². The van der Waals surface area contributed by atoms with Crippen molar-refractivity contribution in [1.82, 2.24) is 5.32 Å². The number of carbonyl (C=O) groups excluding carboxylic acids is 1. The van der Waals surface area contributed by atoms with Crippen LogP contribution >= 0.6 is 11.6 Å². The van der Waals surface area contributed by atoms with E-state index >= 15 is 0 Å². The zero-order chi connectivity index (χ0) is 13.0. The number of nitrogens with two attached hydrogens (primary N) is 1. The molecule has 4 N–H and O–H groups in total. The van der Waals surface area contributed by atoms with Crippen LogP contribution in [-0.2, 0) is 4.79 Å². The van der Waals surface area contributed by atoms with Gasteiger partial charge in [0.1, 0.15) is 11.9 Å². The Kier molecular flexibility index (Phi) is 4.57. The summed E-state index contributed by atoms with van der Waals surface area (Å²) in [4.78, 5) is 11.5. The lowest BCUT2D eigenvalue weighted by atomic mass is 10.2. The van der Waals surface area contributed by atoms with Gasteiger partial charge in [0.25, 0.3) is 0 Å². The number of anilines is 2. The van der Waals surface area contributed by atoms with Gasteiger partial charge in [0.05, 0.1) is 16.4 Å². The lowest BCUT2D eigenvalue weighted by Gasteiger charge is -2.16. The topological polar surface area (TPSA) is 67.2 Å². The molecule has 0 aliphatic carbocycles. The fourth-order valence-corrected chi connectivity index (χ4v) is 1.49. The fraction of sp³-hybridized carbons (Fsp3) is 0.364. The van der Waals surface area contributed by atoms with Gasteiger partial charge in [-0.2, -0.15) is 0 Å². The van der Waals surface area contributed by atoms with Crippen molar-refractivity contribution in [2.24, 2.45) is 0 Å². The van der Waals surface area contributed by atoms with E-state index in [2.05, 4.69) is 10.6 Å². The Bertz CT molecular complexity index is 425. The molecule has 4 nitrogen and oxygen atoms in total. The summed E-state index contributed by atoms with van der Waals surface area (Å²) < 4.78 is 13.2. The van der Waals surface area contributed by atoms with Gasteiger partial charge in [-0.05, 0) is 19.9 Å². The maximum atomic E-state index is 13.2. The van der Waals surface area contributed by atoms with Gasteiger partial charge in [0.15, 0.2) is 0 Å². The van der Waals surface area contributed by atoms with Crippen molar-refractivity contribution in [3.8, 4) is 0 Å². The molecule has 0 spiro atoms. The molecule has 0 saturated heterocycles. The minimum Gasteiger partial charge on any atom is -0.397 e. The third-order valence-corrected chi connectivity index (χ3v) is 2.50. The largest absolute Gasteiger partial charge is 0.397 e. The molecule has 6 heteroatoms. The normalized spacial score (nSPS) is 12.0. The Morgan fingerprint density at radius 3 is 2.82 bits per heavy atom. The van der Waals surface area contributed by atoms with Gasteiger partial charge >= 0.3 is 0 Å². The Labute approximate surface area is 104 Å². The van der Waals surface area contributed by atoms with E-state index in [1.807, 2.05) is 6.92 Å². The van der Waals surface area contributed by atoms with Crippen LogP contribution in [0.3, 0.4) is 0 Å². The molecule has 0 aliphatic rings. The highest BCUT2D eigenvalue weighted by molar-refractivity contribution is 6.31. The quantitative estimate of drug-likeness (QED) is 0.725. The Morgan fingerprint density at radius 2 is 2.24 bits per heavy atom. The fourth-order valence-electron chi connectivity index (χ4n) is 1.31. The molecule has 1 atom stereocenters. The zero-order valence-electron chi connectivity index (χ0n) is 9.68. The Balaban J connectivity index is 2.81. The van der Waals surface area contributed by atoms with Crippen LogP contribution in [0.15, 0.2) is 12.1 Å². The lowest BCUT2D eigenvalue weighted by molar-refractivity contribution is -0.121. The SMILES string of the molecule is CCNC(=O)C(C)Nc1cc(F)c(Cl)cc1N. The van der Waals surface area contributed by atoms with E-state index in [0.717, 1.165) is 0 Å². The van der Waals surface area contributed by atoms with Gasteiger partial charge < -0.3 is 16.4 Å². The molecule has 1 unspecified atom stereocenters. The predicted molar refractivity (Wildman–Crippen MR) is 67.6 cm³/mol. The van der Waals surface area contributed by atoms with E-state index in [1.165, 1.54) is 12.1 Å². The van der Waals surface area contributed by atoms with E-state index in [1.54, 1.807) is 6.92 Å². The van der Waals surface area contributed by atoms with Crippen molar-refractivity contribution in [2.45, 2.75) is 19.9 Å². The average molecular weight is 260 g/mol. The smallest absolute Gasteiger partial charge is 0.242 e. The molecule has 1 aromatic rings. The molecule has 1 aromatic carbocycles. The van der Waals surface area contributed by atoms with Crippen LogP contribution in [-0.4, -0.2) is 18.5 Å². The van der Waals surface area contributed by atoms with E-state index < -0.39 is 11.9 Å². The van der Waals surface area contributed by atoms with Crippen LogP contribution in [0.25, 0.3) is 0 Å². The number of carbonyl (C=O) groups is 1. The zero-order valence-corrected chi connectivity index (χ0v) is 10.4. The van der Waals surface area contributed by atoms with Crippen LogP contribution in [0.1, 0.15) is 13.8 Å². The second-order valence-electron chi connectivity index (χ2n) is 3.61. The molecule has 0 aliphatic heterocycles. The van der Waals surface area contributed by atoms with Gasteiger partial charge in [0, 0.05) is 12.6 Å². The summed E-state index contributed by atoms with van der Waals surface area (Å²) in [5.74, 6) is -0.756. The third kappa shape index (κ3) is 3.49. The molecule has 0 fully saturated rings. The number of hydrogen-bond acceptors (Lipinski definition) is 3. The first-order chi connectivity index (χ1) is 7.95. The van der Waals surface area contributed by atoms with Gasteiger partial charge in [0.2, 0.25) is 5.91 Å². The maximum absolute atomic E-state index is 13.2. The van der Waals surface area contributed by atoms with Crippen LogP contribution in [0, 0.1) is 5.82 Å². The number of likely N-dealkylation sites (N-methyl/N-ethyl adjacent to an activating group) is 1. The monoisotopic (exact) mass is 259 g/mol. The number of rotatable bonds is 4. The molecular weight excluding hydrogens is 245 g/mol. The first-order valence-corrected chi connectivity index (χ1v) is 5.62. The Hall–Kier alpha value is -1.49. The molecule has 0 radical (unpaired) electrons. The molecule has 0 saturated carbocycles. The van der Waals surface area contributed by atoms with Gasteiger partial charge in [-0.3, -0.25) is 4.79 Å². The first kappa shape index (κ1) is 13.6. The number of hydrogen-bond donors (Lipinski definition) is 3. The summed E-state index contributed by atoms with van der Waals surface area (Å²) in [5.41, 5.74) is 6.32. The third-order valence-electron chi connectivity index (χ3n) is 2.21. The molecule has 0 bridgehead atoms. The van der Waals surface area contributed by atoms with E-state index in [9.17, 15) is 9.18 Å². The molecule has 17 heavy (non-hydrogen) atoms. The second kappa shape index (κ2) is 5.72. The summed E-state index contributed by atoms with van der Waals surface area (Å²) in [7, 11) is 0. The summed E-state index contributed by atoms with van der Waals surface area (Å²) in [6.45, 7) is 4.02. The first-order valence-electron chi connectivity index (χ1n) is 5.24. The minimum atomic E-state index is -0.577. The van der Waals surface area contributed by atoms with Crippen LogP contribution in [0.2, 0.25) is 5.02 Å². The number of halogens is 2. The van der Waals surface area contributed by atoms with Crippen molar-refractivity contribution in [3.05, 3.63) is 23.0 Å².